The summed E-state index contributed by atoms with van der Waals surface area (Å²) >= 11 is 0. The van der Waals surface area contributed by atoms with Crippen LogP contribution in [0.4, 0.5) is 28.9 Å². The van der Waals surface area contributed by atoms with Gasteiger partial charge in [-0.25, -0.2) is 9.37 Å². The van der Waals surface area contributed by atoms with Gasteiger partial charge in [-0.1, -0.05) is 24.8 Å². The maximum Gasteiger partial charge on any atom is 0.417 e. The zero-order chi connectivity index (χ0) is 28.4. The molecule has 2 aromatic carbocycles. The van der Waals surface area contributed by atoms with E-state index in [0.717, 1.165) is 17.5 Å². The fraction of sp³-hybridized carbons (Fsp3) is 0.345. The van der Waals surface area contributed by atoms with Gasteiger partial charge < -0.3 is 20.1 Å². The molecule has 2 heterocycles. The summed E-state index contributed by atoms with van der Waals surface area (Å²) in [4.78, 5) is 6.20. The number of nitrogens with zero attached hydrogens (tertiary/aromatic N) is 2. The van der Waals surface area contributed by atoms with Crippen LogP contribution in [0.25, 0.3) is 22.4 Å². The van der Waals surface area contributed by atoms with Gasteiger partial charge in [0.1, 0.15) is 13.3 Å². The Morgan fingerprint density at radius 2 is 1.90 bits per heavy atom. The molecule has 4 rings (SSSR count). The van der Waals surface area contributed by atoms with Gasteiger partial charge >= 0.3 is 6.18 Å². The van der Waals surface area contributed by atoms with Crippen molar-refractivity contribution in [2.45, 2.75) is 24.8 Å². The summed E-state index contributed by atoms with van der Waals surface area (Å²) in [5.41, 5.74) is 0.410. The minimum atomic E-state index is -4.65. The van der Waals surface area contributed by atoms with Crippen LogP contribution in [0.3, 0.4) is 0 Å². The minimum Gasteiger partial charge on any atom is -0.382 e. The van der Waals surface area contributed by atoms with Crippen molar-refractivity contribution in [3.63, 3.8) is 0 Å². The van der Waals surface area contributed by atoms with E-state index in [4.69, 9.17) is 0 Å². The first kappa shape index (κ1) is 28.8. The average Bonchev–Trinajstić information content (AvgIpc) is 2.87. The molecule has 3 aromatic rings. The largest absolute Gasteiger partial charge is 0.417 e. The Hall–Kier alpha value is -3.16. The molecule has 0 amide bonds. The number of likely N-dealkylation sites (tertiary alicyclic amines) is 1. The number of nitrogens with one attached hydrogen (secondary N) is 2. The number of rotatable bonds is 8. The smallest absolute Gasteiger partial charge is 0.382 e. The van der Waals surface area contributed by atoms with E-state index in [1.54, 1.807) is 49.7 Å². The van der Waals surface area contributed by atoms with E-state index in [-0.39, 0.29) is 5.69 Å². The first-order valence-corrected chi connectivity index (χ1v) is 15.3. The Balaban J connectivity index is 1.62. The monoisotopic (exact) mass is 560 g/mol. The van der Waals surface area contributed by atoms with Crippen LogP contribution < -0.4 is 15.9 Å². The number of hydrogen-bond donors (Lipinski definition) is 2. The summed E-state index contributed by atoms with van der Waals surface area (Å²) < 4.78 is 68.0. The highest BCUT2D eigenvalue weighted by atomic mass is 31.2. The van der Waals surface area contributed by atoms with Gasteiger partial charge in [0.2, 0.25) is 0 Å². The summed E-state index contributed by atoms with van der Waals surface area (Å²) in [6.07, 6.45) is -1.78. The van der Waals surface area contributed by atoms with Crippen molar-refractivity contribution >= 4 is 46.2 Å². The van der Waals surface area contributed by atoms with Gasteiger partial charge in [0.05, 0.1) is 23.0 Å². The second-order valence-electron chi connectivity index (χ2n) is 10.3. The molecule has 0 radical (unpaired) electrons. The Bertz CT molecular complexity index is 1420. The highest BCUT2D eigenvalue weighted by molar-refractivity contribution is 7.70. The molecule has 10 heteroatoms. The van der Waals surface area contributed by atoms with Gasteiger partial charge in [-0.2, -0.15) is 13.2 Å². The molecule has 0 spiro atoms. The number of hydrogen-bond acceptors (Lipinski definition) is 5. The van der Waals surface area contributed by atoms with Crippen LogP contribution in [0.5, 0.6) is 0 Å². The Labute approximate surface area is 226 Å². The quantitative estimate of drug-likeness (QED) is 0.239. The molecule has 39 heavy (non-hydrogen) atoms. The number of allylic oxidation sites excluding steroid dienone is 1. The molecule has 1 aliphatic heterocycles. The van der Waals surface area contributed by atoms with E-state index < -0.39 is 31.1 Å². The highest BCUT2D eigenvalue weighted by Gasteiger charge is 2.35. The Morgan fingerprint density at radius 1 is 1.18 bits per heavy atom. The number of aromatic nitrogens is 1. The number of pyridine rings is 1. The summed E-state index contributed by atoms with van der Waals surface area (Å²) in [6.45, 7) is 8.11. The van der Waals surface area contributed by atoms with Crippen LogP contribution in [0, 0.1) is 0 Å². The Morgan fingerprint density at radius 3 is 2.54 bits per heavy atom. The lowest BCUT2D eigenvalue weighted by molar-refractivity contribution is -0.0688. The molecule has 5 nitrogen and oxygen atoms in total. The third-order valence-corrected chi connectivity index (χ3v) is 8.35. The van der Waals surface area contributed by atoms with Crippen LogP contribution >= 0.6 is 7.14 Å². The number of benzene rings is 2. The van der Waals surface area contributed by atoms with E-state index in [0.29, 0.717) is 41.7 Å². The molecule has 2 atom stereocenters. The zero-order valence-corrected chi connectivity index (χ0v) is 23.1. The molecule has 1 aromatic heterocycles. The molecular formula is C29H33F4N4OP. The lowest BCUT2D eigenvalue weighted by Crippen LogP contribution is -2.46. The molecule has 208 valence electrons. The van der Waals surface area contributed by atoms with Crippen molar-refractivity contribution in [1.29, 1.82) is 0 Å². The summed E-state index contributed by atoms with van der Waals surface area (Å²) in [7, 11) is -0.483. The van der Waals surface area contributed by atoms with Crippen molar-refractivity contribution < 1.29 is 22.1 Å². The normalized spacial score (nSPS) is 18.9. The fourth-order valence-electron chi connectivity index (χ4n) is 4.59. The SMILES string of the molecule is C=C(c1nc(/C=C/CNc2ccc(P(C)(C)=O)cc2)cc2c(N[C@@H]3CCN(C)C[C@@H]3F)cccc12)C(F)(F)F. The van der Waals surface area contributed by atoms with Crippen LogP contribution in [0.1, 0.15) is 17.8 Å². The van der Waals surface area contributed by atoms with Crippen molar-refractivity contribution in [3.8, 4) is 0 Å². The van der Waals surface area contributed by atoms with Gasteiger partial charge in [0.25, 0.3) is 0 Å². The molecule has 2 N–H and O–H groups in total. The van der Waals surface area contributed by atoms with Crippen molar-refractivity contribution in [2.24, 2.45) is 0 Å². The van der Waals surface area contributed by atoms with Crippen LogP contribution in [0.2, 0.25) is 0 Å². The maximum atomic E-state index is 14.7. The summed E-state index contributed by atoms with van der Waals surface area (Å²) in [5.74, 6) is 0. The van der Waals surface area contributed by atoms with E-state index in [1.165, 1.54) is 0 Å². The second-order valence-corrected chi connectivity index (χ2v) is 13.5. The number of piperidine rings is 1. The molecule has 1 saturated heterocycles. The average molecular weight is 561 g/mol. The van der Waals surface area contributed by atoms with Gasteiger partial charge in [-0.3, -0.25) is 0 Å². The van der Waals surface area contributed by atoms with Gasteiger partial charge in [-0.15, -0.1) is 0 Å². The molecule has 0 bridgehead atoms. The highest BCUT2D eigenvalue weighted by Crippen LogP contribution is 2.38. The molecule has 0 saturated carbocycles. The van der Waals surface area contributed by atoms with E-state index >= 15 is 0 Å². The van der Waals surface area contributed by atoms with Crippen LogP contribution in [-0.4, -0.2) is 68.3 Å². The van der Waals surface area contributed by atoms with E-state index in [1.807, 2.05) is 36.2 Å². The first-order valence-electron chi connectivity index (χ1n) is 12.7. The summed E-state index contributed by atoms with van der Waals surface area (Å²) in [6, 6.07) is 13.5. The van der Waals surface area contributed by atoms with Gasteiger partial charge in [0.15, 0.2) is 0 Å². The molecular weight excluding hydrogens is 527 g/mol. The minimum absolute atomic E-state index is 0.254. The molecule has 0 aliphatic carbocycles. The van der Waals surface area contributed by atoms with Crippen LogP contribution in [0.15, 0.2) is 61.2 Å². The fourth-order valence-corrected chi connectivity index (χ4v) is 5.45. The summed E-state index contributed by atoms with van der Waals surface area (Å²) in [5, 5.41) is 8.04. The number of halogens is 4. The molecule has 1 fully saturated rings. The third kappa shape index (κ3) is 7.08. The Kier molecular flexibility index (Phi) is 8.52. The zero-order valence-electron chi connectivity index (χ0n) is 22.2. The number of fused-ring (bicyclic) bond motifs is 1. The van der Waals surface area contributed by atoms with E-state index in [2.05, 4.69) is 22.2 Å². The van der Waals surface area contributed by atoms with Crippen molar-refractivity contribution in [2.75, 3.05) is 50.6 Å². The second kappa shape index (κ2) is 11.5. The number of alkyl halides is 4. The lowest BCUT2D eigenvalue weighted by atomic mass is 9.99. The molecule has 0 unspecified atom stereocenters. The predicted octanol–water partition coefficient (Wildman–Crippen LogP) is 6.64. The van der Waals surface area contributed by atoms with Crippen LogP contribution in [-0.2, 0) is 4.57 Å². The van der Waals surface area contributed by atoms with Gasteiger partial charge in [0, 0.05) is 47.1 Å². The lowest BCUT2D eigenvalue weighted by Gasteiger charge is -2.33. The topological polar surface area (TPSA) is 57.3 Å². The standard InChI is InChI=1S/C29H33F4N4OP/c1-19(29(31,32)33)28-23-8-5-9-26(36-27-14-16-37(2)18-25(27)30)24(23)17-21(35-28)7-6-15-34-20-10-12-22(13-11-20)39(3,4)38/h5-13,17,25,27,34,36H,1,14-16,18H2,2-4H3/b7-6+/t25-,27+/m0/s1. The van der Waals surface area contributed by atoms with E-state index in [9.17, 15) is 22.1 Å². The van der Waals surface area contributed by atoms with Gasteiger partial charge in [-0.05, 0) is 69.3 Å². The molecule has 1 aliphatic rings. The third-order valence-electron chi connectivity index (χ3n) is 6.81. The maximum absolute atomic E-state index is 14.7. The van der Waals surface area contributed by atoms with Crippen molar-refractivity contribution in [1.82, 2.24) is 9.88 Å². The van der Waals surface area contributed by atoms with Crippen molar-refractivity contribution in [3.05, 3.63) is 72.6 Å². The first-order chi connectivity index (χ1) is 18.3. The number of anilines is 2. The predicted molar refractivity (Wildman–Crippen MR) is 154 cm³/mol.